The first-order valence-electron chi connectivity index (χ1n) is 7.06. The van der Waals surface area contributed by atoms with Crippen LogP contribution in [0.25, 0.3) is 10.4 Å². The average molecular weight is 378 g/mol. The van der Waals surface area contributed by atoms with E-state index in [0.29, 0.717) is 11.7 Å². The van der Waals surface area contributed by atoms with Crippen molar-refractivity contribution < 1.29 is 4.52 Å². The van der Waals surface area contributed by atoms with Crippen molar-refractivity contribution in [2.45, 2.75) is 19.9 Å². The summed E-state index contributed by atoms with van der Waals surface area (Å²) in [6.07, 6.45) is 0.753. The molecule has 0 aliphatic heterocycles. The third kappa shape index (κ3) is 3.82. The van der Waals surface area contributed by atoms with Gasteiger partial charge >= 0.3 is 0 Å². The Morgan fingerprint density at radius 2 is 2.09 bits per heavy atom. The number of aryl methyl sites for hydroxylation is 1. The number of thiophene rings is 1. The standard InChI is InChI=1S/C16H16BrN3OS/c1-11-19-16(21-20-11)8-9-18-10-12-6-7-15(22-12)13-4-2-3-5-14(13)17/h2-7,18H,8-10H2,1H3. The van der Waals surface area contributed by atoms with Gasteiger partial charge in [0.15, 0.2) is 5.82 Å². The van der Waals surface area contributed by atoms with Crippen molar-refractivity contribution in [1.82, 2.24) is 15.5 Å². The lowest BCUT2D eigenvalue weighted by molar-refractivity contribution is 0.372. The Hall–Kier alpha value is -1.50. The van der Waals surface area contributed by atoms with Gasteiger partial charge in [-0.25, -0.2) is 0 Å². The fourth-order valence-corrected chi connectivity index (χ4v) is 3.77. The van der Waals surface area contributed by atoms with Crippen LogP contribution in [-0.4, -0.2) is 16.7 Å². The van der Waals surface area contributed by atoms with Gasteiger partial charge in [-0.3, -0.25) is 0 Å². The molecule has 4 nitrogen and oxygen atoms in total. The minimum atomic E-state index is 0.685. The van der Waals surface area contributed by atoms with Gasteiger partial charge in [-0.2, -0.15) is 4.98 Å². The molecular weight excluding hydrogens is 362 g/mol. The van der Waals surface area contributed by atoms with E-state index in [-0.39, 0.29) is 0 Å². The van der Waals surface area contributed by atoms with Crippen LogP contribution in [0.4, 0.5) is 0 Å². The summed E-state index contributed by atoms with van der Waals surface area (Å²) in [5.74, 6) is 1.37. The predicted octanol–water partition coefficient (Wildman–Crippen LogP) is 4.20. The van der Waals surface area contributed by atoms with Gasteiger partial charge in [0.1, 0.15) is 0 Å². The zero-order chi connectivity index (χ0) is 15.4. The number of hydrogen-bond acceptors (Lipinski definition) is 5. The molecule has 22 heavy (non-hydrogen) atoms. The normalized spacial score (nSPS) is 11.0. The molecule has 2 heterocycles. The molecule has 1 N–H and O–H groups in total. The maximum Gasteiger partial charge on any atom is 0.227 e. The van der Waals surface area contributed by atoms with E-state index >= 15 is 0 Å². The van der Waals surface area contributed by atoms with Crippen molar-refractivity contribution in [3.05, 3.63) is 57.5 Å². The summed E-state index contributed by atoms with van der Waals surface area (Å²) in [6, 6.07) is 12.6. The quantitative estimate of drug-likeness (QED) is 0.653. The second-order valence-corrected chi connectivity index (χ2v) is 6.93. The molecule has 0 atom stereocenters. The highest BCUT2D eigenvalue weighted by molar-refractivity contribution is 9.10. The smallest absolute Gasteiger partial charge is 0.227 e. The highest BCUT2D eigenvalue weighted by atomic mass is 79.9. The molecule has 0 saturated heterocycles. The monoisotopic (exact) mass is 377 g/mol. The van der Waals surface area contributed by atoms with Crippen LogP contribution in [0.2, 0.25) is 0 Å². The van der Waals surface area contributed by atoms with Crippen molar-refractivity contribution in [2.75, 3.05) is 6.54 Å². The zero-order valence-corrected chi connectivity index (χ0v) is 14.6. The fourth-order valence-electron chi connectivity index (χ4n) is 2.13. The van der Waals surface area contributed by atoms with E-state index in [2.05, 4.69) is 61.7 Å². The molecule has 0 saturated carbocycles. The first kappa shape index (κ1) is 15.4. The molecule has 0 radical (unpaired) electrons. The lowest BCUT2D eigenvalue weighted by Crippen LogP contribution is -2.16. The Balaban J connectivity index is 1.53. The summed E-state index contributed by atoms with van der Waals surface area (Å²) in [4.78, 5) is 6.78. The molecule has 3 rings (SSSR count). The van der Waals surface area contributed by atoms with Crippen molar-refractivity contribution in [3.8, 4) is 10.4 Å². The molecule has 0 spiro atoms. The van der Waals surface area contributed by atoms with Crippen LogP contribution in [0.1, 0.15) is 16.6 Å². The molecule has 3 aromatic rings. The third-order valence-electron chi connectivity index (χ3n) is 3.19. The van der Waals surface area contributed by atoms with Gasteiger partial charge in [0.25, 0.3) is 0 Å². The lowest BCUT2D eigenvalue weighted by atomic mass is 10.2. The van der Waals surface area contributed by atoms with Crippen molar-refractivity contribution in [3.63, 3.8) is 0 Å². The molecule has 0 fully saturated rings. The van der Waals surface area contributed by atoms with E-state index in [4.69, 9.17) is 4.52 Å². The number of hydrogen-bond donors (Lipinski definition) is 1. The van der Waals surface area contributed by atoms with Gasteiger partial charge in [0.2, 0.25) is 5.89 Å². The van der Waals surface area contributed by atoms with E-state index in [0.717, 1.165) is 24.0 Å². The second-order valence-electron chi connectivity index (χ2n) is 4.91. The lowest BCUT2D eigenvalue weighted by Gasteiger charge is -2.01. The highest BCUT2D eigenvalue weighted by Crippen LogP contribution is 2.33. The topological polar surface area (TPSA) is 51.0 Å². The Bertz CT molecular complexity index is 753. The predicted molar refractivity (Wildman–Crippen MR) is 91.9 cm³/mol. The zero-order valence-electron chi connectivity index (χ0n) is 12.2. The highest BCUT2D eigenvalue weighted by Gasteiger charge is 2.06. The molecule has 1 aromatic carbocycles. The third-order valence-corrected chi connectivity index (χ3v) is 5.00. The summed E-state index contributed by atoms with van der Waals surface area (Å²) >= 11 is 5.41. The maximum atomic E-state index is 5.09. The Kier molecular flexibility index (Phi) is 5.02. The minimum Gasteiger partial charge on any atom is -0.339 e. The molecule has 2 aromatic heterocycles. The van der Waals surface area contributed by atoms with Gasteiger partial charge in [-0.15, -0.1) is 11.3 Å². The van der Waals surface area contributed by atoms with Gasteiger partial charge < -0.3 is 9.84 Å². The van der Waals surface area contributed by atoms with Gasteiger partial charge in [0, 0.05) is 39.3 Å². The molecular formula is C16H16BrN3OS. The Morgan fingerprint density at radius 1 is 1.23 bits per heavy atom. The molecule has 0 aliphatic carbocycles. The van der Waals surface area contributed by atoms with Crippen molar-refractivity contribution >= 4 is 27.3 Å². The van der Waals surface area contributed by atoms with Crippen LogP contribution in [-0.2, 0) is 13.0 Å². The Labute approximate surface area is 141 Å². The van der Waals surface area contributed by atoms with Crippen LogP contribution in [0.5, 0.6) is 0 Å². The van der Waals surface area contributed by atoms with Crippen LogP contribution in [0, 0.1) is 6.92 Å². The molecule has 0 unspecified atom stereocenters. The van der Waals surface area contributed by atoms with E-state index < -0.39 is 0 Å². The molecule has 0 bridgehead atoms. The van der Waals surface area contributed by atoms with E-state index in [9.17, 15) is 0 Å². The Morgan fingerprint density at radius 3 is 2.86 bits per heavy atom. The number of nitrogens with zero attached hydrogens (tertiary/aromatic N) is 2. The summed E-state index contributed by atoms with van der Waals surface area (Å²) in [6.45, 7) is 3.50. The largest absolute Gasteiger partial charge is 0.339 e. The van der Waals surface area contributed by atoms with E-state index in [1.54, 1.807) is 11.3 Å². The summed E-state index contributed by atoms with van der Waals surface area (Å²) in [7, 11) is 0. The van der Waals surface area contributed by atoms with E-state index in [1.807, 2.05) is 13.0 Å². The number of halogens is 1. The average Bonchev–Trinajstić information content (AvgIpc) is 3.13. The van der Waals surface area contributed by atoms with Crippen molar-refractivity contribution in [1.29, 1.82) is 0 Å². The van der Waals surface area contributed by atoms with Gasteiger partial charge in [0.05, 0.1) is 0 Å². The first-order chi connectivity index (χ1) is 10.7. The maximum absolute atomic E-state index is 5.09. The SMILES string of the molecule is Cc1noc(CCNCc2ccc(-c3ccccc3Br)s2)n1. The molecule has 0 aliphatic rings. The summed E-state index contributed by atoms with van der Waals surface area (Å²) in [5, 5.41) is 7.19. The number of rotatable bonds is 6. The van der Waals surface area contributed by atoms with Gasteiger partial charge in [-0.05, 0) is 25.1 Å². The van der Waals surface area contributed by atoms with Crippen LogP contribution in [0.15, 0.2) is 45.4 Å². The second kappa shape index (κ2) is 7.17. The molecule has 0 amide bonds. The van der Waals surface area contributed by atoms with Gasteiger partial charge in [-0.1, -0.05) is 39.3 Å². The molecule has 114 valence electrons. The van der Waals surface area contributed by atoms with Crippen molar-refractivity contribution in [2.24, 2.45) is 0 Å². The van der Waals surface area contributed by atoms with Crippen LogP contribution < -0.4 is 5.32 Å². The fraction of sp³-hybridized carbons (Fsp3) is 0.250. The molecule has 6 heteroatoms. The van der Waals surface area contributed by atoms with Crippen LogP contribution >= 0.6 is 27.3 Å². The van der Waals surface area contributed by atoms with E-state index in [1.165, 1.54) is 15.3 Å². The van der Waals surface area contributed by atoms with Crippen LogP contribution in [0.3, 0.4) is 0 Å². The summed E-state index contributed by atoms with van der Waals surface area (Å²) in [5.41, 5.74) is 1.24. The number of aromatic nitrogens is 2. The summed E-state index contributed by atoms with van der Waals surface area (Å²) < 4.78 is 6.22. The number of nitrogens with one attached hydrogen (secondary N) is 1. The minimum absolute atomic E-state index is 0.685. The number of benzene rings is 1. The first-order valence-corrected chi connectivity index (χ1v) is 8.67.